The minimum absolute atomic E-state index is 0. The summed E-state index contributed by atoms with van der Waals surface area (Å²) in [7, 11) is 0. The fraction of sp³-hybridized carbons (Fsp3) is 0. The van der Waals surface area contributed by atoms with Crippen molar-refractivity contribution in [3.63, 3.8) is 0 Å². The van der Waals surface area contributed by atoms with Gasteiger partial charge in [0.25, 0.3) is 0 Å². The average molecular weight is 464 g/mol. The molecule has 34 heavy (non-hydrogen) atoms. The molecule has 2 heterocycles. The molecule has 2 aromatic carbocycles. The molecule has 4 rings (SSSR count). The molecule has 1 amide bonds. The molecule has 0 spiro atoms. The Labute approximate surface area is 215 Å². The minimum Gasteiger partial charge on any atom is -0.478 e. The van der Waals surface area contributed by atoms with Crippen molar-refractivity contribution in [1.82, 2.24) is 9.97 Å². The number of azide groups is 1. The van der Waals surface area contributed by atoms with Gasteiger partial charge in [0.05, 0.1) is 0 Å². The molecule has 2 aromatic heterocycles. The maximum Gasteiger partial charge on any atom is 1.00 e. The van der Waals surface area contributed by atoms with Crippen LogP contribution in [0.2, 0.25) is 0 Å². The molecule has 0 bridgehead atoms. The second-order valence-corrected chi connectivity index (χ2v) is 6.19. The number of carboxylic acids is 1. The Hall–Kier alpha value is -4.24. The number of nitrogens with one attached hydrogen (secondary N) is 2. The van der Waals surface area contributed by atoms with E-state index in [2.05, 4.69) is 20.0 Å². The molecule has 0 saturated heterocycles. The van der Waals surface area contributed by atoms with Crippen LogP contribution in [0.4, 0.5) is 0 Å². The number of carboxylic acid groups (broad SMARTS) is 1. The second kappa shape index (κ2) is 14.8. The summed E-state index contributed by atoms with van der Waals surface area (Å²) in [6.45, 7) is 0. The van der Waals surface area contributed by atoms with Gasteiger partial charge in [-0.25, -0.2) is 4.79 Å². The number of aromatic amines is 2. The van der Waals surface area contributed by atoms with Crippen molar-refractivity contribution in [2.45, 2.75) is 0 Å². The first kappa shape index (κ1) is 27.8. The van der Waals surface area contributed by atoms with Gasteiger partial charge >= 0.3 is 35.5 Å². The summed E-state index contributed by atoms with van der Waals surface area (Å²) in [6.07, 6.45) is 9.29. The summed E-state index contributed by atoms with van der Waals surface area (Å²) in [5.41, 5.74) is 25.4. The van der Waals surface area contributed by atoms with Crippen molar-refractivity contribution in [3.8, 4) is 0 Å². The van der Waals surface area contributed by atoms with E-state index in [1.54, 1.807) is 12.2 Å². The van der Waals surface area contributed by atoms with Crippen LogP contribution in [-0.2, 0) is 9.59 Å². The number of aromatic nitrogens is 2. The van der Waals surface area contributed by atoms with Crippen LogP contribution in [0, 0.1) is 0 Å². The van der Waals surface area contributed by atoms with Crippen molar-refractivity contribution >= 4 is 45.8 Å². The minimum atomic E-state index is -0.933. The van der Waals surface area contributed by atoms with Crippen molar-refractivity contribution < 1.29 is 44.3 Å². The number of nitrogens with zero attached hydrogens (tertiary/aromatic N) is 6. The van der Waals surface area contributed by atoms with Gasteiger partial charge in [-0.3, -0.25) is 9.71 Å². The predicted molar refractivity (Wildman–Crippen MR) is 127 cm³/mol. The summed E-state index contributed by atoms with van der Waals surface area (Å²) < 4.78 is 0. The first-order chi connectivity index (χ1) is 16.0. The van der Waals surface area contributed by atoms with Gasteiger partial charge in [-0.2, -0.15) is 0 Å². The van der Waals surface area contributed by atoms with Crippen LogP contribution in [0.5, 0.6) is 0 Å². The number of carbonyl (C=O) groups excluding carboxylic acids is 1. The van der Waals surface area contributed by atoms with Crippen molar-refractivity contribution in [2.75, 3.05) is 0 Å². The van der Waals surface area contributed by atoms with Crippen molar-refractivity contribution in [1.29, 1.82) is 0 Å². The van der Waals surface area contributed by atoms with E-state index in [1.165, 1.54) is 11.0 Å². The van der Waals surface area contributed by atoms with Crippen LogP contribution >= 0.6 is 0 Å². The van der Waals surface area contributed by atoms with E-state index in [-0.39, 0.29) is 29.6 Å². The Balaban J connectivity index is 0.000000299. The molecule has 0 aliphatic rings. The third-order valence-electron chi connectivity index (χ3n) is 4.21. The van der Waals surface area contributed by atoms with Crippen LogP contribution in [0.25, 0.3) is 60.4 Å². The zero-order chi connectivity index (χ0) is 24.1. The molecule has 12 heteroatoms. The zero-order valence-electron chi connectivity index (χ0n) is 18.0. The number of amides is 1. The number of fused-ring (bicyclic) bond motifs is 2. The summed E-state index contributed by atoms with van der Waals surface area (Å²) in [4.78, 5) is 31.4. The Kier molecular flexibility index (Phi) is 12.1. The maximum atomic E-state index is 11.0. The van der Waals surface area contributed by atoms with Gasteiger partial charge in [0, 0.05) is 45.2 Å². The fourth-order valence-corrected chi connectivity index (χ4v) is 2.91. The van der Waals surface area contributed by atoms with Gasteiger partial charge in [0.2, 0.25) is 5.91 Å². The number of H-pyrrole nitrogens is 2. The van der Waals surface area contributed by atoms with Crippen molar-refractivity contribution in [2.24, 2.45) is 5.11 Å². The van der Waals surface area contributed by atoms with Crippen LogP contribution in [0.15, 0.2) is 78.2 Å². The van der Waals surface area contributed by atoms with Crippen molar-refractivity contribution in [3.05, 3.63) is 111 Å². The Bertz CT molecular complexity index is 1410. The van der Waals surface area contributed by atoms with E-state index in [0.29, 0.717) is 0 Å². The SMILES string of the molecule is O=C(O)/C=C/c1cccc2[nH]ccc12.[N-]=[N+]=NC(=O)/C=C/c1cccc2[nH]ccc12.[N-]=[N+]=[N-].[Na+]. The summed E-state index contributed by atoms with van der Waals surface area (Å²) in [5, 5.41) is 13.5. The molecule has 0 fully saturated rings. The number of rotatable bonds is 4. The monoisotopic (exact) mass is 464 g/mol. The van der Waals surface area contributed by atoms with E-state index in [0.717, 1.165) is 39.0 Å². The van der Waals surface area contributed by atoms with Gasteiger partial charge < -0.3 is 26.1 Å². The molecular weight excluding hydrogens is 447 g/mol. The van der Waals surface area contributed by atoms with E-state index in [9.17, 15) is 9.59 Å². The molecule has 0 aliphatic heterocycles. The van der Waals surface area contributed by atoms with E-state index in [1.807, 2.05) is 60.9 Å². The molecule has 4 aromatic rings. The Morgan fingerprint density at radius 1 is 0.824 bits per heavy atom. The van der Waals surface area contributed by atoms with Crippen LogP contribution in [0.3, 0.4) is 0 Å². The summed E-state index contributed by atoms with van der Waals surface area (Å²) in [6, 6.07) is 15.3. The Morgan fingerprint density at radius 2 is 1.29 bits per heavy atom. The first-order valence-electron chi connectivity index (χ1n) is 9.29. The second-order valence-electron chi connectivity index (χ2n) is 6.19. The van der Waals surface area contributed by atoms with E-state index in [4.69, 9.17) is 21.7 Å². The van der Waals surface area contributed by atoms with Crippen LogP contribution in [-0.4, -0.2) is 27.0 Å². The normalized spacial score (nSPS) is 9.76. The molecular formula is C22H17N8NaO3. The van der Waals surface area contributed by atoms with Gasteiger partial charge in [-0.1, -0.05) is 30.3 Å². The molecule has 0 aliphatic carbocycles. The van der Waals surface area contributed by atoms with Crippen LogP contribution < -0.4 is 29.6 Å². The smallest absolute Gasteiger partial charge is 0.478 e. The largest absolute Gasteiger partial charge is 1.00 e. The topological polar surface area (TPSA) is 193 Å². The molecule has 164 valence electrons. The third-order valence-corrected chi connectivity index (χ3v) is 4.21. The molecule has 11 nitrogen and oxygen atoms in total. The predicted octanol–water partition coefficient (Wildman–Crippen LogP) is 3.15. The van der Waals surface area contributed by atoms with Gasteiger partial charge in [-0.15, -0.1) is 0 Å². The number of carbonyl (C=O) groups is 2. The van der Waals surface area contributed by atoms with Gasteiger partial charge in [0.15, 0.2) is 0 Å². The molecule has 3 N–H and O–H groups in total. The number of benzene rings is 2. The number of hydrogen-bond donors (Lipinski definition) is 3. The van der Waals surface area contributed by atoms with E-state index >= 15 is 0 Å². The van der Waals surface area contributed by atoms with Gasteiger partial charge in [0.1, 0.15) is 0 Å². The quantitative estimate of drug-likeness (QED) is 0.137. The summed E-state index contributed by atoms with van der Waals surface area (Å²) >= 11 is 0. The molecule has 0 radical (unpaired) electrons. The standard InChI is InChI=1S/C11H8N4O.C11H9NO2.N3.Na/c12-15-14-11(16)5-4-8-2-1-3-10-9(8)6-7-13-10;13-11(14)5-4-8-2-1-3-10-9(8)6-7-12-10;1-3-2;/h1-7,13H;1-7,12H,(H,13,14);;/q;;-1;+1/b2*5-4+;;. The number of hydrogen-bond acceptors (Lipinski definition) is 2. The number of aliphatic carboxylic acids is 1. The van der Waals surface area contributed by atoms with Gasteiger partial charge in [-0.05, 0) is 58.2 Å². The Morgan fingerprint density at radius 3 is 1.74 bits per heavy atom. The summed E-state index contributed by atoms with van der Waals surface area (Å²) in [5.74, 6) is -1.53. The van der Waals surface area contributed by atoms with E-state index < -0.39 is 11.9 Å². The first-order valence-corrected chi connectivity index (χ1v) is 9.29. The molecule has 0 unspecified atom stereocenters. The average Bonchev–Trinajstić information content (AvgIpc) is 3.47. The zero-order valence-corrected chi connectivity index (χ0v) is 20.0. The fourth-order valence-electron chi connectivity index (χ4n) is 2.91. The maximum absolute atomic E-state index is 11.0. The molecule has 0 atom stereocenters. The third kappa shape index (κ3) is 8.36. The molecule has 0 saturated carbocycles. The van der Waals surface area contributed by atoms with Crippen LogP contribution in [0.1, 0.15) is 11.1 Å².